The highest BCUT2D eigenvalue weighted by Gasteiger charge is 2.22. The van der Waals surface area contributed by atoms with Gasteiger partial charge in [0.25, 0.3) is 0 Å². The normalized spacial score (nSPS) is 15.0. The molecule has 0 saturated carbocycles. The van der Waals surface area contributed by atoms with E-state index >= 15 is 0 Å². The Morgan fingerprint density at radius 2 is 1.97 bits per heavy atom. The Balaban J connectivity index is 1.72. The van der Waals surface area contributed by atoms with Crippen molar-refractivity contribution in [3.8, 4) is 11.4 Å². The summed E-state index contributed by atoms with van der Waals surface area (Å²) in [5.41, 5.74) is 2.46. The summed E-state index contributed by atoms with van der Waals surface area (Å²) in [5, 5.41) is 11.3. The van der Waals surface area contributed by atoms with Gasteiger partial charge in [0, 0.05) is 18.3 Å². The fourth-order valence-corrected chi connectivity index (χ4v) is 4.15. The first-order valence-electron chi connectivity index (χ1n) is 10.1. The third-order valence-corrected chi connectivity index (χ3v) is 6.14. The van der Waals surface area contributed by atoms with Crippen LogP contribution in [0.1, 0.15) is 40.5 Å². The number of thioether (sulfide) groups is 1. The highest BCUT2D eigenvalue weighted by Crippen LogP contribution is 2.29. The molecule has 0 saturated heterocycles. The lowest BCUT2D eigenvalue weighted by Crippen LogP contribution is -2.31. The fourth-order valence-electron chi connectivity index (χ4n) is 3.24. The van der Waals surface area contributed by atoms with E-state index in [9.17, 15) is 13.6 Å². The van der Waals surface area contributed by atoms with E-state index in [0.29, 0.717) is 23.4 Å². The predicted octanol–water partition coefficient (Wildman–Crippen LogP) is 5.10. The Morgan fingerprint density at radius 3 is 2.57 bits per heavy atom. The van der Waals surface area contributed by atoms with Gasteiger partial charge in [-0.25, -0.2) is 8.78 Å². The minimum absolute atomic E-state index is 0.118. The average Bonchev–Trinajstić information content (AvgIpc) is 3.10. The zero-order valence-corrected chi connectivity index (χ0v) is 18.4. The molecule has 1 aliphatic carbocycles. The lowest BCUT2D eigenvalue weighted by molar-refractivity contribution is -0.119. The van der Waals surface area contributed by atoms with Gasteiger partial charge < -0.3 is 9.88 Å². The van der Waals surface area contributed by atoms with Gasteiger partial charge in [0.05, 0.1) is 10.8 Å². The molecule has 1 amide bonds. The highest BCUT2D eigenvalue weighted by molar-refractivity contribution is 8.00. The van der Waals surface area contributed by atoms with E-state index in [4.69, 9.17) is 0 Å². The Bertz CT molecular complexity index is 997. The molecular formula is C22H26F2N4OS. The van der Waals surface area contributed by atoms with Gasteiger partial charge in [-0.1, -0.05) is 37.3 Å². The predicted molar refractivity (Wildman–Crippen MR) is 115 cm³/mol. The molecule has 0 radical (unpaired) electrons. The van der Waals surface area contributed by atoms with Gasteiger partial charge in [-0.2, -0.15) is 0 Å². The van der Waals surface area contributed by atoms with Crippen molar-refractivity contribution >= 4 is 17.7 Å². The maximum absolute atomic E-state index is 14.2. The summed E-state index contributed by atoms with van der Waals surface area (Å²) < 4.78 is 29.1. The van der Waals surface area contributed by atoms with Crippen LogP contribution in [0.15, 0.2) is 46.8 Å². The first kappa shape index (κ1) is 22.2. The highest BCUT2D eigenvalue weighted by atomic mass is 32.2. The van der Waals surface area contributed by atoms with E-state index < -0.39 is 16.9 Å². The Morgan fingerprint density at radius 1 is 1.20 bits per heavy atom. The van der Waals surface area contributed by atoms with Crippen LogP contribution in [-0.2, 0) is 11.3 Å². The maximum atomic E-state index is 14.2. The van der Waals surface area contributed by atoms with E-state index in [1.165, 1.54) is 29.5 Å². The average molecular weight is 433 g/mol. The standard InChI is InChI=1S/C22H26F2N4OS/c1-5-28-20(18-11-8-16(23)12-19(18)24)26-27-22(28)30-14(4)21(29)25-17-9-6-15(7-10-17)13(2)3/h6,8-9,11-14H,5,7,10H2,1-4H3,(H,25,29). The van der Waals surface area contributed by atoms with Crippen LogP contribution in [0.3, 0.4) is 0 Å². The van der Waals surface area contributed by atoms with Crippen LogP contribution >= 0.6 is 11.8 Å². The molecule has 1 aromatic carbocycles. The second kappa shape index (κ2) is 9.55. The number of amides is 1. The van der Waals surface area contributed by atoms with Crippen molar-refractivity contribution in [2.75, 3.05) is 0 Å². The van der Waals surface area contributed by atoms with Crippen LogP contribution in [0.5, 0.6) is 0 Å². The monoisotopic (exact) mass is 432 g/mol. The SMILES string of the molecule is CCn1c(SC(C)C(=O)NC2=CC=C(C(C)C)CC2)nnc1-c1ccc(F)cc1F. The molecule has 160 valence electrons. The summed E-state index contributed by atoms with van der Waals surface area (Å²) in [6, 6.07) is 3.36. The largest absolute Gasteiger partial charge is 0.329 e. The molecule has 2 aromatic rings. The van der Waals surface area contributed by atoms with Gasteiger partial charge in [0.1, 0.15) is 11.6 Å². The number of nitrogens with zero attached hydrogens (tertiary/aromatic N) is 3. The maximum Gasteiger partial charge on any atom is 0.237 e. The summed E-state index contributed by atoms with van der Waals surface area (Å²) in [4.78, 5) is 12.6. The molecular weight excluding hydrogens is 406 g/mol. The van der Waals surface area contributed by atoms with Gasteiger partial charge in [0.15, 0.2) is 11.0 Å². The summed E-state index contributed by atoms with van der Waals surface area (Å²) in [7, 11) is 0. The number of aromatic nitrogens is 3. The molecule has 3 rings (SSSR count). The second-order valence-corrected chi connectivity index (χ2v) is 8.82. The van der Waals surface area contributed by atoms with E-state index in [-0.39, 0.29) is 11.5 Å². The molecule has 1 unspecified atom stereocenters. The molecule has 0 spiro atoms. The van der Waals surface area contributed by atoms with Crippen molar-refractivity contribution in [2.45, 2.75) is 57.5 Å². The van der Waals surface area contributed by atoms with Gasteiger partial charge >= 0.3 is 0 Å². The number of hydrogen-bond acceptors (Lipinski definition) is 4. The van der Waals surface area contributed by atoms with Gasteiger partial charge in [0.2, 0.25) is 5.91 Å². The van der Waals surface area contributed by atoms with E-state index in [0.717, 1.165) is 24.6 Å². The second-order valence-electron chi connectivity index (χ2n) is 7.51. The summed E-state index contributed by atoms with van der Waals surface area (Å²) in [5.74, 6) is -0.642. The van der Waals surface area contributed by atoms with Crippen LogP contribution in [0.2, 0.25) is 0 Å². The lowest BCUT2D eigenvalue weighted by Gasteiger charge is -2.19. The quantitative estimate of drug-likeness (QED) is 0.619. The first-order valence-corrected chi connectivity index (χ1v) is 10.9. The number of halogens is 2. The lowest BCUT2D eigenvalue weighted by atomic mass is 9.93. The molecule has 30 heavy (non-hydrogen) atoms. The number of rotatable bonds is 7. The van der Waals surface area contributed by atoms with E-state index in [1.807, 2.05) is 13.0 Å². The van der Waals surface area contributed by atoms with Gasteiger partial charge in [-0.15, -0.1) is 10.2 Å². The Labute approximate surface area is 179 Å². The van der Waals surface area contributed by atoms with E-state index in [2.05, 4.69) is 35.4 Å². The molecule has 1 atom stereocenters. The van der Waals surface area contributed by atoms with Crippen molar-refractivity contribution < 1.29 is 13.6 Å². The minimum Gasteiger partial charge on any atom is -0.329 e. The van der Waals surface area contributed by atoms with Crippen LogP contribution in [0, 0.1) is 17.6 Å². The van der Waals surface area contributed by atoms with Gasteiger partial charge in [-0.05, 0) is 50.8 Å². The third-order valence-electron chi connectivity index (χ3n) is 5.06. The molecule has 8 heteroatoms. The number of benzene rings is 1. The summed E-state index contributed by atoms with van der Waals surface area (Å²) in [6.07, 6.45) is 5.81. The molecule has 0 fully saturated rings. The van der Waals surface area contributed by atoms with Crippen LogP contribution in [-0.4, -0.2) is 25.9 Å². The Hall–Kier alpha value is -2.48. The van der Waals surface area contributed by atoms with Crippen molar-refractivity contribution in [3.63, 3.8) is 0 Å². The number of carbonyl (C=O) groups is 1. The number of nitrogens with one attached hydrogen (secondary N) is 1. The first-order chi connectivity index (χ1) is 14.3. The van der Waals surface area contributed by atoms with E-state index in [1.54, 1.807) is 11.5 Å². The van der Waals surface area contributed by atoms with Crippen molar-refractivity contribution in [3.05, 3.63) is 53.3 Å². The summed E-state index contributed by atoms with van der Waals surface area (Å²) >= 11 is 1.26. The fraction of sp³-hybridized carbons (Fsp3) is 0.409. The van der Waals surface area contributed by atoms with Crippen LogP contribution in [0.4, 0.5) is 8.78 Å². The molecule has 1 aromatic heterocycles. The minimum atomic E-state index is -0.697. The van der Waals surface area contributed by atoms with Crippen molar-refractivity contribution in [1.29, 1.82) is 0 Å². The topological polar surface area (TPSA) is 59.8 Å². The van der Waals surface area contributed by atoms with Crippen molar-refractivity contribution in [1.82, 2.24) is 20.1 Å². The molecule has 1 N–H and O–H groups in total. The molecule has 1 heterocycles. The molecule has 5 nitrogen and oxygen atoms in total. The number of carbonyl (C=O) groups excluding carboxylic acids is 1. The zero-order chi connectivity index (χ0) is 21.8. The third kappa shape index (κ3) is 4.98. The molecule has 0 bridgehead atoms. The smallest absolute Gasteiger partial charge is 0.237 e. The zero-order valence-electron chi connectivity index (χ0n) is 17.6. The van der Waals surface area contributed by atoms with Crippen LogP contribution in [0.25, 0.3) is 11.4 Å². The van der Waals surface area contributed by atoms with Crippen molar-refractivity contribution in [2.24, 2.45) is 5.92 Å². The number of allylic oxidation sites excluding steroid dienone is 4. The van der Waals surface area contributed by atoms with Gasteiger partial charge in [-0.3, -0.25) is 4.79 Å². The Kier molecular flexibility index (Phi) is 7.07. The number of hydrogen-bond donors (Lipinski definition) is 1. The van der Waals surface area contributed by atoms with Crippen LogP contribution < -0.4 is 5.32 Å². The summed E-state index contributed by atoms with van der Waals surface area (Å²) in [6.45, 7) is 8.50. The molecule has 0 aliphatic heterocycles. The molecule has 1 aliphatic rings.